The van der Waals surface area contributed by atoms with E-state index in [9.17, 15) is 14.4 Å². The molecule has 1 aromatic rings. The van der Waals surface area contributed by atoms with E-state index in [4.69, 9.17) is 15.6 Å². The number of carbonyl (C=O) groups excluding carboxylic acids is 2. The number of aromatic carboxylic acids is 1. The summed E-state index contributed by atoms with van der Waals surface area (Å²) in [4.78, 5) is 35.8. The summed E-state index contributed by atoms with van der Waals surface area (Å²) in [6, 6.07) is 1.97. The number of ether oxygens (including phenoxy) is 1. The van der Waals surface area contributed by atoms with Crippen molar-refractivity contribution in [3.8, 4) is 5.75 Å². The molecule has 4 N–H and O–H groups in total. The van der Waals surface area contributed by atoms with Gasteiger partial charge in [0.2, 0.25) is 5.91 Å². The first-order chi connectivity index (χ1) is 8.50. The van der Waals surface area contributed by atoms with Gasteiger partial charge in [-0.2, -0.15) is 0 Å². The SMILES string of the molecule is NC(=O)NC(=O)CCOc1cccnc1C(=O)O. The fourth-order valence-corrected chi connectivity index (χ4v) is 1.12. The molecule has 0 fully saturated rings. The molecule has 96 valence electrons. The maximum Gasteiger partial charge on any atom is 0.358 e. The Balaban J connectivity index is 2.51. The number of carbonyl (C=O) groups is 3. The first kappa shape index (κ1) is 13.4. The quantitative estimate of drug-likeness (QED) is 0.662. The molecule has 18 heavy (non-hydrogen) atoms. The van der Waals surface area contributed by atoms with Crippen LogP contribution in [0.4, 0.5) is 4.79 Å². The molecule has 0 bridgehead atoms. The van der Waals surface area contributed by atoms with Crippen molar-refractivity contribution in [2.75, 3.05) is 6.61 Å². The summed E-state index contributed by atoms with van der Waals surface area (Å²) in [5.41, 5.74) is 4.50. The second-order valence-electron chi connectivity index (χ2n) is 3.17. The molecular formula is C10H11N3O5. The number of imide groups is 1. The minimum Gasteiger partial charge on any atom is -0.490 e. The molecule has 0 aliphatic rings. The smallest absolute Gasteiger partial charge is 0.358 e. The maximum absolute atomic E-state index is 11.0. The number of hydrogen-bond donors (Lipinski definition) is 3. The number of pyridine rings is 1. The molecule has 0 aliphatic carbocycles. The van der Waals surface area contributed by atoms with E-state index in [2.05, 4.69) is 4.98 Å². The number of nitrogens with one attached hydrogen (secondary N) is 1. The van der Waals surface area contributed by atoms with Gasteiger partial charge in [-0.05, 0) is 12.1 Å². The summed E-state index contributed by atoms with van der Waals surface area (Å²) in [6.45, 7) is -0.0922. The second-order valence-corrected chi connectivity index (χ2v) is 3.17. The lowest BCUT2D eigenvalue weighted by atomic mass is 10.3. The predicted molar refractivity (Wildman–Crippen MR) is 59.0 cm³/mol. The molecule has 3 amide bonds. The topological polar surface area (TPSA) is 132 Å². The van der Waals surface area contributed by atoms with Crippen LogP contribution in [0.3, 0.4) is 0 Å². The number of carboxylic acid groups (broad SMARTS) is 1. The fourth-order valence-electron chi connectivity index (χ4n) is 1.12. The molecule has 0 saturated heterocycles. The molecule has 1 heterocycles. The summed E-state index contributed by atoms with van der Waals surface area (Å²) in [5, 5.41) is 10.7. The van der Waals surface area contributed by atoms with Gasteiger partial charge in [-0.25, -0.2) is 14.6 Å². The van der Waals surface area contributed by atoms with Gasteiger partial charge in [-0.3, -0.25) is 10.1 Å². The summed E-state index contributed by atoms with van der Waals surface area (Å²) in [7, 11) is 0. The minimum absolute atomic E-state index is 0.0527. The number of nitrogens with two attached hydrogens (primary N) is 1. The Labute approximate surface area is 102 Å². The fraction of sp³-hybridized carbons (Fsp3) is 0.200. The van der Waals surface area contributed by atoms with Gasteiger partial charge in [-0.1, -0.05) is 0 Å². The molecular weight excluding hydrogens is 242 g/mol. The Bertz CT molecular complexity index is 474. The molecule has 0 aromatic carbocycles. The van der Waals surface area contributed by atoms with E-state index >= 15 is 0 Å². The Kier molecular flexibility index (Phi) is 4.61. The number of rotatable bonds is 5. The molecule has 1 aromatic heterocycles. The largest absolute Gasteiger partial charge is 0.490 e. The zero-order chi connectivity index (χ0) is 13.5. The lowest BCUT2D eigenvalue weighted by Gasteiger charge is -2.07. The standard InChI is InChI=1S/C10H11N3O5/c11-10(17)13-7(14)3-5-18-6-2-1-4-12-8(6)9(15)16/h1-2,4H,3,5H2,(H,15,16)(H3,11,13,14,17). The van der Waals surface area contributed by atoms with Crippen LogP contribution in [0.5, 0.6) is 5.75 Å². The molecule has 0 aliphatic heterocycles. The van der Waals surface area contributed by atoms with Crippen LogP contribution < -0.4 is 15.8 Å². The lowest BCUT2D eigenvalue weighted by Crippen LogP contribution is -2.35. The maximum atomic E-state index is 11.0. The molecule has 0 unspecified atom stereocenters. The molecule has 0 radical (unpaired) electrons. The number of nitrogens with zero attached hydrogens (tertiary/aromatic N) is 1. The van der Waals surface area contributed by atoms with Gasteiger partial charge in [0.25, 0.3) is 0 Å². The number of amides is 3. The summed E-state index contributed by atoms with van der Waals surface area (Å²) >= 11 is 0. The van der Waals surface area contributed by atoms with Crippen molar-refractivity contribution in [3.05, 3.63) is 24.0 Å². The monoisotopic (exact) mass is 253 g/mol. The third-order valence-electron chi connectivity index (χ3n) is 1.82. The number of primary amides is 1. The van der Waals surface area contributed by atoms with E-state index in [1.54, 1.807) is 0 Å². The van der Waals surface area contributed by atoms with Crippen molar-refractivity contribution < 1.29 is 24.2 Å². The van der Waals surface area contributed by atoms with Gasteiger partial charge in [0, 0.05) is 6.20 Å². The molecule has 0 saturated carbocycles. The summed E-state index contributed by atoms with van der Waals surface area (Å²) in [5.74, 6) is -1.78. The van der Waals surface area contributed by atoms with Crippen LogP contribution in [0.15, 0.2) is 18.3 Å². The Hall–Kier alpha value is -2.64. The van der Waals surface area contributed by atoms with Gasteiger partial charge in [0.05, 0.1) is 13.0 Å². The van der Waals surface area contributed by atoms with E-state index in [1.807, 2.05) is 5.32 Å². The van der Waals surface area contributed by atoms with Crippen molar-refractivity contribution >= 4 is 17.9 Å². The second kappa shape index (κ2) is 6.18. The zero-order valence-corrected chi connectivity index (χ0v) is 9.25. The van der Waals surface area contributed by atoms with Crippen molar-refractivity contribution in [1.82, 2.24) is 10.3 Å². The average molecular weight is 253 g/mol. The van der Waals surface area contributed by atoms with Gasteiger partial charge in [-0.15, -0.1) is 0 Å². The Morgan fingerprint density at radius 2 is 2.17 bits per heavy atom. The lowest BCUT2D eigenvalue weighted by molar-refractivity contribution is -0.120. The van der Waals surface area contributed by atoms with Gasteiger partial charge >= 0.3 is 12.0 Å². The van der Waals surface area contributed by atoms with E-state index in [0.29, 0.717) is 0 Å². The van der Waals surface area contributed by atoms with E-state index in [-0.39, 0.29) is 24.5 Å². The predicted octanol–water partition coefficient (Wildman–Crippen LogP) is -0.256. The first-order valence-electron chi connectivity index (χ1n) is 4.91. The van der Waals surface area contributed by atoms with Crippen LogP contribution in [-0.4, -0.2) is 34.6 Å². The van der Waals surface area contributed by atoms with Crippen molar-refractivity contribution in [1.29, 1.82) is 0 Å². The highest BCUT2D eigenvalue weighted by Gasteiger charge is 2.12. The number of urea groups is 1. The van der Waals surface area contributed by atoms with Crippen molar-refractivity contribution in [2.45, 2.75) is 6.42 Å². The average Bonchev–Trinajstić information content (AvgIpc) is 2.28. The number of aromatic nitrogens is 1. The van der Waals surface area contributed by atoms with Crippen LogP contribution in [-0.2, 0) is 4.79 Å². The molecule has 1 rings (SSSR count). The normalized spacial score (nSPS) is 9.56. The number of carboxylic acids is 1. The minimum atomic E-state index is -1.23. The van der Waals surface area contributed by atoms with Gasteiger partial charge in [0.1, 0.15) is 0 Å². The van der Waals surface area contributed by atoms with Gasteiger partial charge in [0.15, 0.2) is 11.4 Å². The molecule has 0 spiro atoms. The molecule has 8 heteroatoms. The summed E-state index contributed by atoms with van der Waals surface area (Å²) < 4.78 is 5.09. The van der Waals surface area contributed by atoms with Crippen LogP contribution in [0.2, 0.25) is 0 Å². The van der Waals surface area contributed by atoms with E-state index in [0.717, 1.165) is 0 Å². The highest BCUT2D eigenvalue weighted by atomic mass is 16.5. The van der Waals surface area contributed by atoms with Crippen LogP contribution in [0, 0.1) is 0 Å². The highest BCUT2D eigenvalue weighted by Crippen LogP contribution is 2.15. The highest BCUT2D eigenvalue weighted by molar-refractivity contribution is 5.93. The molecule has 0 atom stereocenters. The van der Waals surface area contributed by atoms with Crippen molar-refractivity contribution in [2.24, 2.45) is 5.73 Å². The van der Waals surface area contributed by atoms with Gasteiger partial charge < -0.3 is 15.6 Å². The Morgan fingerprint density at radius 1 is 1.44 bits per heavy atom. The zero-order valence-electron chi connectivity index (χ0n) is 9.25. The number of hydrogen-bond acceptors (Lipinski definition) is 5. The van der Waals surface area contributed by atoms with E-state index in [1.165, 1.54) is 18.3 Å². The third kappa shape index (κ3) is 4.08. The van der Waals surface area contributed by atoms with Crippen LogP contribution in [0.1, 0.15) is 16.9 Å². The van der Waals surface area contributed by atoms with Crippen LogP contribution >= 0.6 is 0 Å². The molecule has 8 nitrogen and oxygen atoms in total. The summed E-state index contributed by atoms with van der Waals surface area (Å²) in [6.07, 6.45) is 1.19. The Morgan fingerprint density at radius 3 is 2.78 bits per heavy atom. The van der Waals surface area contributed by atoms with Crippen molar-refractivity contribution in [3.63, 3.8) is 0 Å². The van der Waals surface area contributed by atoms with E-state index < -0.39 is 17.9 Å². The third-order valence-corrected chi connectivity index (χ3v) is 1.82. The first-order valence-corrected chi connectivity index (χ1v) is 4.91. The van der Waals surface area contributed by atoms with Crippen LogP contribution in [0.25, 0.3) is 0 Å².